The van der Waals surface area contributed by atoms with E-state index in [1.165, 1.54) is 25.7 Å². The van der Waals surface area contributed by atoms with Gasteiger partial charge in [0.15, 0.2) is 0 Å². The van der Waals surface area contributed by atoms with Crippen molar-refractivity contribution >= 4 is 5.95 Å². The molecule has 0 aromatic carbocycles. The van der Waals surface area contributed by atoms with E-state index in [0.29, 0.717) is 22.9 Å². The second kappa shape index (κ2) is 3.75. The molecule has 0 spiro atoms. The minimum Gasteiger partial charge on any atom is -0.353 e. The number of aromatic nitrogens is 2. The summed E-state index contributed by atoms with van der Waals surface area (Å²) in [6.07, 6.45) is 9.38. The predicted molar refractivity (Wildman–Crippen MR) is 74.7 cm³/mol. The van der Waals surface area contributed by atoms with Crippen LogP contribution in [0.2, 0.25) is 0 Å². The number of anilines is 1. The molecule has 0 saturated heterocycles. The van der Waals surface area contributed by atoms with Gasteiger partial charge < -0.3 is 9.88 Å². The van der Waals surface area contributed by atoms with E-state index < -0.39 is 0 Å². The van der Waals surface area contributed by atoms with Gasteiger partial charge >= 0.3 is 0 Å². The summed E-state index contributed by atoms with van der Waals surface area (Å²) in [6.45, 7) is 9.43. The van der Waals surface area contributed by atoms with Crippen molar-refractivity contribution in [2.75, 3.05) is 5.32 Å². The number of rotatable bonds is 3. The predicted octanol–water partition coefficient (Wildman–Crippen LogP) is 3.84. The highest BCUT2D eigenvalue weighted by Crippen LogP contribution is 2.71. The molecule has 2 aliphatic carbocycles. The summed E-state index contributed by atoms with van der Waals surface area (Å²) in [6, 6.07) is 1.20. The molecule has 1 N–H and O–H groups in total. The van der Waals surface area contributed by atoms with E-state index in [4.69, 9.17) is 0 Å². The average molecular weight is 247 g/mol. The van der Waals surface area contributed by atoms with Crippen LogP contribution in [0, 0.1) is 10.8 Å². The average Bonchev–Trinajstić information content (AvgIpc) is 2.81. The van der Waals surface area contributed by atoms with Crippen LogP contribution < -0.4 is 5.32 Å². The highest BCUT2D eigenvalue weighted by atomic mass is 15.3. The Kier molecular flexibility index (Phi) is 2.51. The Balaban J connectivity index is 1.80. The third-order valence-corrected chi connectivity index (χ3v) is 5.58. The first kappa shape index (κ1) is 12.1. The van der Waals surface area contributed by atoms with E-state index in [0.717, 1.165) is 5.95 Å². The van der Waals surface area contributed by atoms with Gasteiger partial charge in [0, 0.05) is 24.5 Å². The van der Waals surface area contributed by atoms with E-state index in [9.17, 15) is 0 Å². The van der Waals surface area contributed by atoms with Crippen molar-refractivity contribution in [1.29, 1.82) is 0 Å². The second-order valence-electron chi connectivity index (χ2n) is 7.13. The van der Waals surface area contributed by atoms with Gasteiger partial charge in [0.05, 0.1) is 0 Å². The van der Waals surface area contributed by atoms with Crippen LogP contribution in [-0.2, 0) is 0 Å². The number of hydrogen-bond donors (Lipinski definition) is 1. The van der Waals surface area contributed by atoms with Crippen molar-refractivity contribution in [3.63, 3.8) is 0 Å². The lowest BCUT2D eigenvalue weighted by atomic mass is 10.0. The molecule has 3 rings (SSSR count). The number of imidazole rings is 1. The summed E-state index contributed by atoms with van der Waals surface area (Å²) < 4.78 is 2.36. The van der Waals surface area contributed by atoms with Gasteiger partial charge in [-0.1, -0.05) is 40.5 Å². The van der Waals surface area contributed by atoms with E-state index in [1.807, 2.05) is 6.20 Å². The van der Waals surface area contributed by atoms with Gasteiger partial charge in [0.1, 0.15) is 0 Å². The van der Waals surface area contributed by atoms with Gasteiger partial charge in [0.25, 0.3) is 0 Å². The molecular weight excluding hydrogens is 222 g/mol. The van der Waals surface area contributed by atoms with Crippen LogP contribution in [0.1, 0.15) is 59.4 Å². The van der Waals surface area contributed by atoms with Gasteiger partial charge in [-0.05, 0) is 23.7 Å². The molecule has 100 valence electrons. The van der Waals surface area contributed by atoms with Crippen LogP contribution in [-0.4, -0.2) is 15.6 Å². The van der Waals surface area contributed by atoms with Crippen LogP contribution in [0.3, 0.4) is 0 Å². The van der Waals surface area contributed by atoms with Crippen molar-refractivity contribution in [2.24, 2.45) is 10.8 Å². The molecule has 0 aliphatic heterocycles. The third-order valence-electron chi connectivity index (χ3n) is 5.58. The maximum atomic E-state index is 4.52. The monoisotopic (exact) mass is 247 g/mol. The quantitative estimate of drug-likeness (QED) is 0.879. The SMILES string of the molecule is CC1(C)C(n2ccnc2NC2CCCC2)C1(C)C. The van der Waals surface area contributed by atoms with E-state index in [-0.39, 0.29) is 0 Å². The van der Waals surface area contributed by atoms with Crippen molar-refractivity contribution in [2.45, 2.75) is 65.5 Å². The van der Waals surface area contributed by atoms with Crippen molar-refractivity contribution < 1.29 is 0 Å². The van der Waals surface area contributed by atoms with Crippen LogP contribution >= 0.6 is 0 Å². The van der Waals surface area contributed by atoms with Crippen LogP contribution in [0.25, 0.3) is 0 Å². The molecule has 2 saturated carbocycles. The lowest BCUT2D eigenvalue weighted by Crippen LogP contribution is -2.18. The van der Waals surface area contributed by atoms with E-state index in [2.05, 4.69) is 48.8 Å². The Morgan fingerprint density at radius 3 is 2.33 bits per heavy atom. The zero-order valence-corrected chi connectivity index (χ0v) is 12.0. The van der Waals surface area contributed by atoms with Gasteiger partial charge in [-0.15, -0.1) is 0 Å². The maximum absolute atomic E-state index is 4.52. The normalized spacial score (nSPS) is 26.4. The van der Waals surface area contributed by atoms with Crippen molar-refractivity contribution in [3.8, 4) is 0 Å². The Morgan fingerprint density at radius 2 is 1.78 bits per heavy atom. The highest BCUT2D eigenvalue weighted by Gasteiger charge is 2.66. The summed E-state index contributed by atoms with van der Waals surface area (Å²) in [5, 5.41) is 3.64. The second-order valence-corrected chi connectivity index (χ2v) is 7.13. The van der Waals surface area contributed by atoms with Crippen molar-refractivity contribution in [3.05, 3.63) is 12.4 Å². The highest BCUT2D eigenvalue weighted by molar-refractivity contribution is 5.33. The number of nitrogens with zero attached hydrogens (tertiary/aromatic N) is 2. The summed E-state index contributed by atoms with van der Waals surface area (Å²) in [5.74, 6) is 1.07. The standard InChI is InChI=1S/C15H25N3/c1-14(2)12(15(14,3)4)18-10-9-16-13(18)17-11-7-5-6-8-11/h9-12H,5-8H2,1-4H3,(H,16,17). The fraction of sp³-hybridized carbons (Fsp3) is 0.800. The molecule has 0 bridgehead atoms. The Morgan fingerprint density at radius 1 is 1.17 bits per heavy atom. The van der Waals surface area contributed by atoms with Crippen molar-refractivity contribution in [1.82, 2.24) is 9.55 Å². The van der Waals surface area contributed by atoms with Gasteiger partial charge in [-0.2, -0.15) is 0 Å². The molecule has 2 aliphatic rings. The lowest BCUT2D eigenvalue weighted by molar-refractivity contribution is 0.457. The zero-order valence-electron chi connectivity index (χ0n) is 12.0. The summed E-state index contributed by atoms with van der Waals surface area (Å²) >= 11 is 0. The van der Waals surface area contributed by atoms with Crippen LogP contribution in [0.5, 0.6) is 0 Å². The first-order valence-electron chi connectivity index (χ1n) is 7.24. The Labute approximate surface area is 110 Å². The molecule has 0 unspecified atom stereocenters. The Bertz CT molecular complexity index is 424. The zero-order chi connectivity index (χ0) is 13.0. The molecule has 1 aromatic heterocycles. The van der Waals surface area contributed by atoms with Crippen LogP contribution in [0.4, 0.5) is 5.95 Å². The summed E-state index contributed by atoms with van der Waals surface area (Å²) in [7, 11) is 0. The minimum atomic E-state index is 0.361. The van der Waals surface area contributed by atoms with Crippen LogP contribution in [0.15, 0.2) is 12.4 Å². The minimum absolute atomic E-state index is 0.361. The Hall–Kier alpha value is -0.990. The smallest absolute Gasteiger partial charge is 0.203 e. The largest absolute Gasteiger partial charge is 0.353 e. The number of hydrogen-bond acceptors (Lipinski definition) is 2. The third kappa shape index (κ3) is 1.59. The molecule has 1 heterocycles. The first-order chi connectivity index (χ1) is 8.44. The maximum Gasteiger partial charge on any atom is 0.203 e. The molecule has 2 fully saturated rings. The first-order valence-corrected chi connectivity index (χ1v) is 7.24. The molecule has 0 radical (unpaired) electrons. The molecule has 18 heavy (non-hydrogen) atoms. The van der Waals surface area contributed by atoms with E-state index >= 15 is 0 Å². The fourth-order valence-electron chi connectivity index (χ4n) is 3.74. The molecule has 3 nitrogen and oxygen atoms in total. The van der Waals surface area contributed by atoms with E-state index in [1.54, 1.807) is 0 Å². The topological polar surface area (TPSA) is 29.9 Å². The summed E-state index contributed by atoms with van der Waals surface area (Å²) in [5.41, 5.74) is 0.722. The molecule has 3 heteroatoms. The van der Waals surface area contributed by atoms with Gasteiger partial charge in [-0.3, -0.25) is 0 Å². The van der Waals surface area contributed by atoms with Gasteiger partial charge in [0.2, 0.25) is 5.95 Å². The summed E-state index contributed by atoms with van der Waals surface area (Å²) in [4.78, 5) is 4.52. The molecule has 0 amide bonds. The molecule has 0 atom stereocenters. The number of nitrogens with one attached hydrogen (secondary N) is 1. The lowest BCUT2D eigenvalue weighted by Gasteiger charge is -2.16. The molecular formula is C15H25N3. The molecule has 1 aromatic rings. The van der Waals surface area contributed by atoms with Gasteiger partial charge in [-0.25, -0.2) is 4.98 Å². The fourth-order valence-corrected chi connectivity index (χ4v) is 3.74.